The first kappa shape index (κ1) is 23.8. The number of nitrogens with zero attached hydrogens (tertiary/aromatic N) is 3. The van der Waals surface area contributed by atoms with Crippen molar-refractivity contribution in [1.82, 2.24) is 15.2 Å². The van der Waals surface area contributed by atoms with Gasteiger partial charge in [-0.05, 0) is 46.5 Å². The van der Waals surface area contributed by atoms with Gasteiger partial charge >= 0.3 is 0 Å². The van der Waals surface area contributed by atoms with E-state index in [0.717, 1.165) is 72.3 Å². The Morgan fingerprint density at radius 3 is 1.27 bits per heavy atom. The molecule has 3 rings (SSSR count). The van der Waals surface area contributed by atoms with Gasteiger partial charge in [0.05, 0.1) is 33.0 Å². The molecule has 0 unspecified atom stereocenters. The highest BCUT2D eigenvalue weighted by molar-refractivity contribution is 4.56. The normalized spacial score (nSPS) is 22.3. The molecule has 0 aromatic carbocycles. The minimum atomic E-state index is 0.764. The summed E-state index contributed by atoms with van der Waals surface area (Å²) in [6.45, 7) is 16.4. The molecule has 0 atom stereocenters. The van der Waals surface area contributed by atoms with Crippen LogP contribution in [0.25, 0.3) is 0 Å². The lowest BCUT2D eigenvalue weighted by Crippen LogP contribution is -2.36. The highest BCUT2D eigenvalue weighted by atomic mass is 16.7. The second-order valence-electron chi connectivity index (χ2n) is 6.42. The van der Waals surface area contributed by atoms with Gasteiger partial charge in [-0.25, -0.2) is 0 Å². The van der Waals surface area contributed by atoms with Gasteiger partial charge in [-0.2, -0.15) is 15.2 Å². The largest absolute Gasteiger partial charge is 0.379 e. The average Bonchev–Trinajstić information content (AvgIpc) is 3.19. The van der Waals surface area contributed by atoms with Crippen LogP contribution in [-0.4, -0.2) is 87.5 Å². The first-order valence-electron chi connectivity index (χ1n) is 10.5. The molecule has 3 saturated heterocycles. The van der Waals surface area contributed by atoms with Gasteiger partial charge in [-0.15, -0.1) is 0 Å². The van der Waals surface area contributed by atoms with E-state index in [1.165, 1.54) is 32.1 Å². The molecular formula is C19H41N3O4. The Bertz CT molecular complexity index is 267. The molecule has 156 valence electrons. The lowest BCUT2D eigenvalue weighted by atomic mass is 10.2. The van der Waals surface area contributed by atoms with Gasteiger partial charge in [-0.1, -0.05) is 6.42 Å². The molecule has 7 nitrogen and oxygen atoms in total. The van der Waals surface area contributed by atoms with Crippen LogP contribution in [0.15, 0.2) is 0 Å². The number of hydrogen-bond acceptors (Lipinski definition) is 7. The zero-order chi connectivity index (χ0) is 18.9. The third-order valence-corrected chi connectivity index (χ3v) is 4.29. The number of hydrogen-bond donors (Lipinski definition) is 0. The minimum absolute atomic E-state index is 0.764. The Hall–Kier alpha value is -0.280. The van der Waals surface area contributed by atoms with Gasteiger partial charge in [-0.3, -0.25) is 14.5 Å². The molecule has 3 aliphatic rings. The van der Waals surface area contributed by atoms with E-state index in [1.54, 1.807) is 0 Å². The van der Waals surface area contributed by atoms with Crippen molar-refractivity contribution in [3.05, 3.63) is 0 Å². The third kappa shape index (κ3) is 12.2. The molecule has 3 fully saturated rings. The summed E-state index contributed by atoms with van der Waals surface area (Å²) in [5.74, 6) is 0. The molecule has 26 heavy (non-hydrogen) atoms. The standard InChI is InChI=1S/C7H15NO.C6H13NO2.C6H13NO/c1-2-9-8-6-4-3-5-7-8;1-2-9-7-3-5-8-6-4-7;1-2-8-7-5-3-4-6-7/h2-7H2,1H3;2-6H2,1H3;2-6H2,1H3. The fourth-order valence-corrected chi connectivity index (χ4v) is 3.03. The predicted molar refractivity (Wildman–Crippen MR) is 104 cm³/mol. The van der Waals surface area contributed by atoms with Crippen LogP contribution in [-0.2, 0) is 19.2 Å². The zero-order valence-electron chi connectivity index (χ0n) is 17.3. The average molecular weight is 376 g/mol. The molecule has 7 heteroatoms. The van der Waals surface area contributed by atoms with E-state index in [-0.39, 0.29) is 0 Å². The Kier molecular flexibility index (Phi) is 15.4. The lowest BCUT2D eigenvalue weighted by molar-refractivity contribution is -0.190. The van der Waals surface area contributed by atoms with Crippen LogP contribution in [0, 0.1) is 0 Å². The Labute approximate surface area is 160 Å². The highest BCUT2D eigenvalue weighted by Crippen LogP contribution is 2.08. The molecule has 0 saturated carbocycles. The summed E-state index contributed by atoms with van der Waals surface area (Å²) in [4.78, 5) is 15.8. The molecule has 0 bridgehead atoms. The number of morpholine rings is 1. The fraction of sp³-hybridized carbons (Fsp3) is 1.00. The van der Waals surface area contributed by atoms with Crippen molar-refractivity contribution in [2.75, 3.05) is 72.3 Å². The van der Waals surface area contributed by atoms with E-state index >= 15 is 0 Å². The fourth-order valence-electron chi connectivity index (χ4n) is 3.03. The number of piperidine rings is 1. The van der Waals surface area contributed by atoms with E-state index in [2.05, 4.69) is 5.06 Å². The summed E-state index contributed by atoms with van der Waals surface area (Å²) in [5, 5.41) is 6.06. The second-order valence-corrected chi connectivity index (χ2v) is 6.42. The third-order valence-electron chi connectivity index (χ3n) is 4.29. The van der Waals surface area contributed by atoms with Crippen molar-refractivity contribution < 1.29 is 19.2 Å². The van der Waals surface area contributed by atoms with Crippen molar-refractivity contribution in [2.45, 2.75) is 52.9 Å². The maximum atomic E-state index is 5.32. The van der Waals surface area contributed by atoms with E-state index in [4.69, 9.17) is 19.2 Å². The van der Waals surface area contributed by atoms with Crippen molar-refractivity contribution in [1.29, 1.82) is 0 Å². The first-order valence-corrected chi connectivity index (χ1v) is 10.5. The van der Waals surface area contributed by atoms with Crippen LogP contribution >= 0.6 is 0 Å². The summed E-state index contributed by atoms with van der Waals surface area (Å²) in [6, 6.07) is 0. The van der Waals surface area contributed by atoms with E-state index in [1.807, 2.05) is 30.9 Å². The molecule has 0 aliphatic carbocycles. The smallest absolute Gasteiger partial charge is 0.0656 e. The molecule has 0 aromatic rings. The van der Waals surface area contributed by atoms with Crippen LogP contribution in [0.3, 0.4) is 0 Å². The Balaban J connectivity index is 0.000000195. The van der Waals surface area contributed by atoms with E-state index in [9.17, 15) is 0 Å². The van der Waals surface area contributed by atoms with Crippen molar-refractivity contribution in [2.24, 2.45) is 0 Å². The molecule has 0 aromatic heterocycles. The van der Waals surface area contributed by atoms with Gasteiger partial charge in [0, 0.05) is 39.3 Å². The van der Waals surface area contributed by atoms with Crippen LogP contribution in [0.5, 0.6) is 0 Å². The molecular weight excluding hydrogens is 334 g/mol. The molecule has 3 heterocycles. The summed E-state index contributed by atoms with van der Waals surface area (Å²) in [7, 11) is 0. The molecule has 0 N–H and O–H groups in total. The van der Waals surface area contributed by atoms with E-state index < -0.39 is 0 Å². The van der Waals surface area contributed by atoms with Gasteiger partial charge in [0.15, 0.2) is 0 Å². The molecule has 0 spiro atoms. The van der Waals surface area contributed by atoms with Gasteiger partial charge in [0.2, 0.25) is 0 Å². The first-order chi connectivity index (χ1) is 12.8. The van der Waals surface area contributed by atoms with Crippen molar-refractivity contribution >= 4 is 0 Å². The van der Waals surface area contributed by atoms with Crippen LogP contribution < -0.4 is 0 Å². The zero-order valence-corrected chi connectivity index (χ0v) is 17.3. The highest BCUT2D eigenvalue weighted by Gasteiger charge is 2.10. The molecule has 3 aliphatic heterocycles. The lowest BCUT2D eigenvalue weighted by Gasteiger charge is -2.24. The van der Waals surface area contributed by atoms with Gasteiger partial charge in [0.1, 0.15) is 0 Å². The van der Waals surface area contributed by atoms with Gasteiger partial charge < -0.3 is 4.74 Å². The summed E-state index contributed by atoms with van der Waals surface area (Å²) in [6.07, 6.45) is 6.60. The van der Waals surface area contributed by atoms with Crippen molar-refractivity contribution in [3.63, 3.8) is 0 Å². The number of ether oxygens (including phenoxy) is 1. The molecule has 0 radical (unpaired) electrons. The quantitative estimate of drug-likeness (QED) is 0.707. The monoisotopic (exact) mass is 375 g/mol. The summed E-state index contributed by atoms with van der Waals surface area (Å²) in [5.41, 5.74) is 0. The molecule has 0 amide bonds. The second kappa shape index (κ2) is 16.9. The SMILES string of the molecule is CCON1CCCC1.CCON1CCCCC1.CCON1CCOCC1. The Morgan fingerprint density at radius 1 is 0.538 bits per heavy atom. The van der Waals surface area contributed by atoms with Crippen LogP contribution in [0.2, 0.25) is 0 Å². The minimum Gasteiger partial charge on any atom is -0.379 e. The van der Waals surface area contributed by atoms with E-state index in [0.29, 0.717) is 0 Å². The number of rotatable bonds is 6. The van der Waals surface area contributed by atoms with Crippen molar-refractivity contribution in [3.8, 4) is 0 Å². The maximum Gasteiger partial charge on any atom is 0.0656 e. The Morgan fingerprint density at radius 2 is 0.885 bits per heavy atom. The predicted octanol–water partition coefficient (Wildman–Crippen LogP) is 2.73. The van der Waals surface area contributed by atoms with Gasteiger partial charge in [0.25, 0.3) is 0 Å². The summed E-state index contributed by atoms with van der Waals surface area (Å²) < 4.78 is 5.12. The van der Waals surface area contributed by atoms with Crippen LogP contribution in [0.1, 0.15) is 52.9 Å². The maximum absolute atomic E-state index is 5.32. The topological polar surface area (TPSA) is 46.6 Å². The summed E-state index contributed by atoms with van der Waals surface area (Å²) >= 11 is 0. The van der Waals surface area contributed by atoms with Crippen LogP contribution in [0.4, 0.5) is 0 Å². The number of hydroxylamine groups is 6.